The van der Waals surface area contributed by atoms with Crippen LogP contribution >= 0.6 is 0 Å². The fourth-order valence-electron chi connectivity index (χ4n) is 1.10. The standard InChI is InChI=1S/C10H12O2/c1-2-8-3-4-10(12)7-9(8)5-6-11/h2-5,7,11-12H,6H2,1H3/b8-2-,9-5-. The predicted molar refractivity (Wildman–Crippen MR) is 49.0 cm³/mol. The number of phenolic OH excluding ortho intramolecular Hbond substituents is 1. The van der Waals surface area contributed by atoms with Gasteiger partial charge in [0.05, 0.1) is 6.61 Å². The lowest BCUT2D eigenvalue weighted by Gasteiger charge is -1.92. The predicted octanol–water partition coefficient (Wildman–Crippen LogP) is -0.0346. The molecule has 0 aliphatic carbocycles. The first-order valence-corrected chi connectivity index (χ1v) is 3.84. The van der Waals surface area contributed by atoms with Gasteiger partial charge >= 0.3 is 0 Å². The third kappa shape index (κ3) is 1.86. The molecule has 0 aromatic heterocycles. The van der Waals surface area contributed by atoms with Gasteiger partial charge in [0.1, 0.15) is 5.75 Å². The molecule has 2 N–H and O–H groups in total. The van der Waals surface area contributed by atoms with Crippen molar-refractivity contribution in [1.29, 1.82) is 0 Å². The second kappa shape index (κ2) is 3.93. The number of aromatic hydroxyl groups is 1. The van der Waals surface area contributed by atoms with Gasteiger partial charge in [-0.15, -0.1) is 0 Å². The van der Waals surface area contributed by atoms with Crippen LogP contribution in [-0.2, 0) is 0 Å². The van der Waals surface area contributed by atoms with Crippen molar-refractivity contribution in [3.63, 3.8) is 0 Å². The van der Waals surface area contributed by atoms with Gasteiger partial charge in [-0.1, -0.05) is 18.2 Å². The number of rotatable bonds is 1. The van der Waals surface area contributed by atoms with E-state index in [4.69, 9.17) is 10.2 Å². The zero-order valence-electron chi connectivity index (χ0n) is 6.99. The Balaban J connectivity index is 3.43. The van der Waals surface area contributed by atoms with Crippen LogP contribution in [0, 0.1) is 0 Å². The molecule has 0 saturated carbocycles. The van der Waals surface area contributed by atoms with Crippen LogP contribution < -0.4 is 10.4 Å². The summed E-state index contributed by atoms with van der Waals surface area (Å²) in [5.74, 6) is 0.223. The van der Waals surface area contributed by atoms with E-state index in [0.29, 0.717) is 0 Å². The molecule has 0 aliphatic heterocycles. The molecular formula is C10H12O2. The highest BCUT2D eigenvalue weighted by Gasteiger charge is 1.87. The molecule has 1 rings (SSSR count). The Hall–Kier alpha value is -1.28. The van der Waals surface area contributed by atoms with Crippen molar-refractivity contribution in [2.24, 2.45) is 0 Å². The van der Waals surface area contributed by atoms with Gasteiger partial charge in [-0.3, -0.25) is 0 Å². The Morgan fingerprint density at radius 3 is 2.67 bits per heavy atom. The van der Waals surface area contributed by atoms with Crippen molar-refractivity contribution in [3.05, 3.63) is 28.6 Å². The molecule has 1 aromatic rings. The van der Waals surface area contributed by atoms with E-state index in [0.717, 1.165) is 10.4 Å². The molecule has 0 saturated heterocycles. The molecule has 0 bridgehead atoms. The first-order chi connectivity index (χ1) is 5.77. The Bertz CT molecular complexity index is 366. The summed E-state index contributed by atoms with van der Waals surface area (Å²) in [7, 11) is 0. The zero-order chi connectivity index (χ0) is 8.97. The van der Waals surface area contributed by atoms with Gasteiger partial charge in [-0.25, -0.2) is 0 Å². The lowest BCUT2D eigenvalue weighted by molar-refractivity contribution is 0.355. The van der Waals surface area contributed by atoms with Crippen LogP contribution in [0.5, 0.6) is 5.75 Å². The SMILES string of the molecule is C/C=c1/ccc(O)c/c1=C/CO. The lowest BCUT2D eigenvalue weighted by Crippen LogP contribution is -2.23. The van der Waals surface area contributed by atoms with E-state index in [-0.39, 0.29) is 12.4 Å². The summed E-state index contributed by atoms with van der Waals surface area (Å²) in [5, 5.41) is 19.7. The van der Waals surface area contributed by atoms with Crippen molar-refractivity contribution in [2.75, 3.05) is 6.61 Å². The van der Waals surface area contributed by atoms with Crippen molar-refractivity contribution < 1.29 is 10.2 Å². The first-order valence-electron chi connectivity index (χ1n) is 3.84. The van der Waals surface area contributed by atoms with E-state index in [2.05, 4.69) is 0 Å². The summed E-state index contributed by atoms with van der Waals surface area (Å²) in [6, 6.07) is 5.08. The fourth-order valence-corrected chi connectivity index (χ4v) is 1.10. The second-order valence-corrected chi connectivity index (χ2v) is 2.49. The summed E-state index contributed by atoms with van der Waals surface area (Å²) in [4.78, 5) is 0. The van der Waals surface area contributed by atoms with Gasteiger partial charge in [0.15, 0.2) is 0 Å². The van der Waals surface area contributed by atoms with Crippen LogP contribution in [0.2, 0.25) is 0 Å². The van der Waals surface area contributed by atoms with Crippen LogP contribution in [0.15, 0.2) is 18.2 Å². The molecule has 0 amide bonds. The van der Waals surface area contributed by atoms with Crippen LogP contribution in [0.4, 0.5) is 0 Å². The minimum atomic E-state index is -0.00963. The Kier molecular flexibility index (Phi) is 2.88. The van der Waals surface area contributed by atoms with E-state index in [1.807, 2.05) is 19.1 Å². The summed E-state index contributed by atoms with van der Waals surface area (Å²) in [6.07, 6.45) is 3.59. The molecule has 2 heteroatoms. The highest BCUT2D eigenvalue weighted by molar-refractivity contribution is 5.35. The molecule has 1 aromatic carbocycles. The Morgan fingerprint density at radius 1 is 1.33 bits per heavy atom. The Labute approximate surface area is 71.1 Å². The van der Waals surface area contributed by atoms with Crippen LogP contribution in [0.25, 0.3) is 12.2 Å². The summed E-state index contributed by atoms with van der Waals surface area (Å²) < 4.78 is 0. The summed E-state index contributed by atoms with van der Waals surface area (Å²) in [6.45, 7) is 1.91. The monoisotopic (exact) mass is 164 g/mol. The van der Waals surface area contributed by atoms with Gasteiger partial charge in [0.2, 0.25) is 0 Å². The van der Waals surface area contributed by atoms with Gasteiger partial charge < -0.3 is 10.2 Å². The average molecular weight is 164 g/mol. The lowest BCUT2D eigenvalue weighted by atomic mass is 10.2. The fraction of sp³-hybridized carbons (Fsp3) is 0.200. The van der Waals surface area contributed by atoms with Gasteiger partial charge in [-0.2, -0.15) is 0 Å². The van der Waals surface area contributed by atoms with Gasteiger partial charge in [-0.05, 0) is 29.5 Å². The third-order valence-electron chi connectivity index (χ3n) is 1.69. The molecule has 12 heavy (non-hydrogen) atoms. The van der Waals surface area contributed by atoms with Gasteiger partial charge in [0, 0.05) is 0 Å². The average Bonchev–Trinajstić information content (AvgIpc) is 2.05. The molecular weight excluding hydrogens is 152 g/mol. The molecule has 64 valence electrons. The van der Waals surface area contributed by atoms with Crippen molar-refractivity contribution >= 4 is 12.2 Å². The number of aliphatic hydroxyl groups is 1. The normalized spacial score (nSPS) is 13.8. The third-order valence-corrected chi connectivity index (χ3v) is 1.69. The minimum absolute atomic E-state index is 0.00963. The molecule has 0 radical (unpaired) electrons. The van der Waals surface area contributed by atoms with Crippen molar-refractivity contribution in [1.82, 2.24) is 0 Å². The highest BCUT2D eigenvalue weighted by atomic mass is 16.3. The summed E-state index contributed by atoms with van der Waals surface area (Å²) >= 11 is 0. The Morgan fingerprint density at radius 2 is 2.08 bits per heavy atom. The van der Waals surface area contributed by atoms with E-state index in [1.165, 1.54) is 0 Å². The smallest absolute Gasteiger partial charge is 0.116 e. The van der Waals surface area contributed by atoms with Crippen LogP contribution in [0.3, 0.4) is 0 Å². The second-order valence-electron chi connectivity index (χ2n) is 2.49. The molecule has 0 fully saturated rings. The van der Waals surface area contributed by atoms with Gasteiger partial charge in [0.25, 0.3) is 0 Å². The van der Waals surface area contributed by atoms with E-state index >= 15 is 0 Å². The van der Waals surface area contributed by atoms with Crippen LogP contribution in [0.1, 0.15) is 6.92 Å². The summed E-state index contributed by atoms with van der Waals surface area (Å²) in [5.41, 5.74) is 0. The number of hydrogen-bond donors (Lipinski definition) is 2. The van der Waals surface area contributed by atoms with E-state index in [9.17, 15) is 0 Å². The van der Waals surface area contributed by atoms with Crippen molar-refractivity contribution in [3.8, 4) is 5.75 Å². The molecule has 0 unspecified atom stereocenters. The van der Waals surface area contributed by atoms with E-state index in [1.54, 1.807) is 18.2 Å². The minimum Gasteiger partial charge on any atom is -0.508 e. The van der Waals surface area contributed by atoms with Crippen molar-refractivity contribution in [2.45, 2.75) is 6.92 Å². The maximum absolute atomic E-state index is 9.14. The quantitative estimate of drug-likeness (QED) is 0.611. The molecule has 0 heterocycles. The molecule has 0 spiro atoms. The first kappa shape index (κ1) is 8.81. The maximum atomic E-state index is 9.14. The zero-order valence-corrected chi connectivity index (χ0v) is 6.99. The number of benzene rings is 1. The van der Waals surface area contributed by atoms with Crippen LogP contribution in [-0.4, -0.2) is 16.8 Å². The molecule has 2 nitrogen and oxygen atoms in total. The largest absolute Gasteiger partial charge is 0.508 e. The number of aliphatic hydroxyl groups excluding tert-OH is 1. The number of phenols is 1. The molecule has 0 atom stereocenters. The topological polar surface area (TPSA) is 40.5 Å². The maximum Gasteiger partial charge on any atom is 0.116 e. The molecule has 0 aliphatic rings. The number of hydrogen-bond acceptors (Lipinski definition) is 2. The highest BCUT2D eigenvalue weighted by Crippen LogP contribution is 1.97. The van der Waals surface area contributed by atoms with E-state index < -0.39 is 0 Å².